The predicted molar refractivity (Wildman–Crippen MR) is 169 cm³/mol. The first kappa shape index (κ1) is 20.9. The van der Waals surface area contributed by atoms with Crippen LogP contribution in [0.3, 0.4) is 0 Å². The zero-order valence-corrected chi connectivity index (χ0v) is 23.5. The summed E-state index contributed by atoms with van der Waals surface area (Å²) in [6, 6.07) is 31.7. The Balaban J connectivity index is 1.55. The Morgan fingerprint density at radius 1 is 0.744 bits per heavy atom. The number of fused-ring (bicyclic) bond motifs is 5. The van der Waals surface area contributed by atoms with Gasteiger partial charge in [0.05, 0.1) is 10.3 Å². The van der Waals surface area contributed by atoms with Gasteiger partial charge in [0.15, 0.2) is 11.0 Å². The number of imidazole rings is 1. The maximum Gasteiger partial charge on any atom is 0.294 e. The summed E-state index contributed by atoms with van der Waals surface area (Å²) in [6.07, 6.45) is 0. The van der Waals surface area contributed by atoms with Crippen LogP contribution in [-0.4, -0.2) is 4.98 Å². The van der Waals surface area contributed by atoms with E-state index in [-0.39, 0.29) is 0 Å². The first-order valence-corrected chi connectivity index (χ1v) is 14.5. The lowest BCUT2D eigenvalue weighted by Crippen LogP contribution is -2.35. The number of benzene rings is 5. The number of H-pyrrole nitrogens is 1. The quantitative estimate of drug-likeness (QED) is 0.219. The second-order valence-corrected chi connectivity index (χ2v) is 12.2. The van der Waals surface area contributed by atoms with Crippen LogP contribution in [0, 0.1) is 6.85 Å². The molecule has 7 aromatic rings. The minimum absolute atomic E-state index is 0.361. The largest absolute Gasteiger partial charge is 0.294 e. The first-order valence-electron chi connectivity index (χ1n) is 15.2. The fourth-order valence-electron chi connectivity index (χ4n) is 6.00. The number of rotatable bonds is 4. The van der Waals surface area contributed by atoms with E-state index in [0.29, 0.717) is 17.4 Å². The van der Waals surface area contributed by atoms with E-state index in [9.17, 15) is 0 Å². The van der Waals surface area contributed by atoms with Crippen molar-refractivity contribution < 1.29 is 8.68 Å². The SMILES string of the molecule is [2H]C([2H])([2H])c1ccc2cc3sc4c(-c5[nH]c6ccccc6[n+]5-c5c(C(C)C)cccc5C(C)C)cccc4c3cc2c1. The van der Waals surface area contributed by atoms with Crippen LogP contribution in [0.5, 0.6) is 0 Å². The fraction of sp³-hybridized carbons (Fsp3) is 0.194. The topological polar surface area (TPSA) is 19.7 Å². The van der Waals surface area contributed by atoms with Crippen molar-refractivity contribution in [2.24, 2.45) is 0 Å². The predicted octanol–water partition coefficient (Wildman–Crippen LogP) is 10.2. The molecule has 0 unspecified atom stereocenters. The molecule has 5 aromatic carbocycles. The molecule has 2 heterocycles. The van der Waals surface area contributed by atoms with Crippen LogP contribution in [0.4, 0.5) is 0 Å². The Kier molecular flexibility index (Phi) is 4.87. The van der Waals surface area contributed by atoms with Gasteiger partial charge in [0.1, 0.15) is 5.69 Å². The summed E-state index contributed by atoms with van der Waals surface area (Å²) < 4.78 is 28.5. The van der Waals surface area contributed by atoms with Gasteiger partial charge in [0.2, 0.25) is 0 Å². The average molecular weight is 529 g/mol. The van der Waals surface area contributed by atoms with Crippen LogP contribution in [-0.2, 0) is 0 Å². The molecular formula is C36H33N2S+. The average Bonchev–Trinajstić information content (AvgIpc) is 3.52. The fourth-order valence-corrected chi connectivity index (χ4v) is 7.24. The highest BCUT2D eigenvalue weighted by Gasteiger charge is 2.29. The van der Waals surface area contributed by atoms with Crippen molar-refractivity contribution in [2.75, 3.05) is 0 Å². The number of nitrogens with zero attached hydrogens (tertiary/aromatic N) is 1. The number of aryl methyl sites for hydroxylation is 1. The lowest BCUT2D eigenvalue weighted by Gasteiger charge is -2.18. The molecule has 0 amide bonds. The minimum atomic E-state index is -2.13. The van der Waals surface area contributed by atoms with Gasteiger partial charge in [-0.15, -0.1) is 11.3 Å². The lowest BCUT2D eigenvalue weighted by molar-refractivity contribution is -0.556. The first-order chi connectivity index (χ1) is 20.1. The molecule has 0 aliphatic carbocycles. The molecule has 3 heteroatoms. The highest BCUT2D eigenvalue weighted by Crippen LogP contribution is 2.41. The van der Waals surface area contributed by atoms with Gasteiger partial charge in [-0.2, -0.15) is 4.57 Å². The van der Waals surface area contributed by atoms with Gasteiger partial charge < -0.3 is 0 Å². The van der Waals surface area contributed by atoms with Gasteiger partial charge >= 0.3 is 0 Å². The third kappa shape index (κ3) is 3.79. The smallest absolute Gasteiger partial charge is 0.236 e. The summed E-state index contributed by atoms with van der Waals surface area (Å²) in [7, 11) is 0. The van der Waals surface area contributed by atoms with E-state index in [2.05, 4.69) is 110 Å². The van der Waals surface area contributed by atoms with Crippen molar-refractivity contribution in [2.45, 2.75) is 46.4 Å². The lowest BCUT2D eigenvalue weighted by atomic mass is 9.92. The second kappa shape index (κ2) is 9.07. The number of thiophene rings is 1. The van der Waals surface area contributed by atoms with Crippen LogP contribution in [0.1, 0.15) is 60.3 Å². The molecule has 7 rings (SSSR count). The van der Waals surface area contributed by atoms with E-state index in [1.165, 1.54) is 31.6 Å². The number of aromatic amines is 1. The maximum atomic E-state index is 7.89. The molecule has 0 saturated heterocycles. The van der Waals surface area contributed by atoms with E-state index in [1.54, 1.807) is 17.4 Å². The van der Waals surface area contributed by atoms with Crippen molar-refractivity contribution >= 4 is 53.3 Å². The van der Waals surface area contributed by atoms with Gasteiger partial charge in [-0.1, -0.05) is 93.9 Å². The molecule has 0 spiro atoms. The van der Waals surface area contributed by atoms with Crippen LogP contribution >= 0.6 is 11.3 Å². The summed E-state index contributed by atoms with van der Waals surface area (Å²) in [6.45, 7) is 6.96. The monoisotopic (exact) mass is 528 g/mol. The summed E-state index contributed by atoms with van der Waals surface area (Å²) in [5.74, 6) is 1.79. The summed E-state index contributed by atoms with van der Waals surface area (Å²) in [5.41, 5.74) is 7.71. The summed E-state index contributed by atoms with van der Waals surface area (Å²) in [5, 5.41) is 4.34. The molecule has 1 N–H and O–H groups in total. The molecule has 0 fully saturated rings. The molecule has 39 heavy (non-hydrogen) atoms. The second-order valence-electron chi connectivity index (χ2n) is 11.1. The van der Waals surface area contributed by atoms with Crippen LogP contribution in [0.2, 0.25) is 0 Å². The van der Waals surface area contributed by atoms with Crippen molar-refractivity contribution in [1.82, 2.24) is 4.98 Å². The van der Waals surface area contributed by atoms with Crippen molar-refractivity contribution in [3.63, 3.8) is 0 Å². The van der Waals surface area contributed by atoms with E-state index in [1.807, 2.05) is 12.1 Å². The molecule has 0 aliphatic rings. The molecule has 0 atom stereocenters. The molecule has 2 nitrogen and oxygen atoms in total. The van der Waals surface area contributed by atoms with Gasteiger partial charge in [-0.3, -0.25) is 0 Å². The van der Waals surface area contributed by atoms with Gasteiger partial charge in [0.25, 0.3) is 5.82 Å². The zero-order valence-electron chi connectivity index (χ0n) is 25.7. The number of nitrogens with one attached hydrogen (secondary N) is 1. The molecular weight excluding hydrogens is 492 g/mol. The summed E-state index contributed by atoms with van der Waals surface area (Å²) >= 11 is 1.80. The Morgan fingerprint density at radius 3 is 2.28 bits per heavy atom. The number of aromatic nitrogens is 2. The van der Waals surface area contributed by atoms with Crippen LogP contribution in [0.25, 0.3) is 59.1 Å². The number of hydrogen-bond donors (Lipinski definition) is 1. The van der Waals surface area contributed by atoms with Crippen LogP contribution in [0.15, 0.2) is 91.0 Å². The van der Waals surface area contributed by atoms with Crippen molar-refractivity contribution in [3.05, 3.63) is 108 Å². The van der Waals surface area contributed by atoms with E-state index in [4.69, 9.17) is 4.11 Å². The van der Waals surface area contributed by atoms with E-state index >= 15 is 0 Å². The van der Waals surface area contributed by atoms with Crippen molar-refractivity contribution in [1.29, 1.82) is 0 Å². The maximum absolute atomic E-state index is 7.89. The Hall–Kier alpha value is -3.95. The van der Waals surface area contributed by atoms with E-state index < -0.39 is 6.85 Å². The Labute approximate surface area is 237 Å². The number of para-hydroxylation sites is 3. The zero-order chi connectivity index (χ0) is 29.3. The Morgan fingerprint density at radius 2 is 1.51 bits per heavy atom. The van der Waals surface area contributed by atoms with Crippen LogP contribution < -0.4 is 4.57 Å². The molecule has 0 aliphatic heterocycles. The third-order valence-electron chi connectivity index (χ3n) is 7.90. The Bertz CT molecular complexity index is 2120. The van der Waals surface area contributed by atoms with Gasteiger partial charge in [0, 0.05) is 30.7 Å². The molecule has 2 aromatic heterocycles. The molecule has 0 radical (unpaired) electrons. The molecule has 0 bridgehead atoms. The molecule has 0 saturated carbocycles. The molecule has 192 valence electrons. The highest BCUT2D eigenvalue weighted by molar-refractivity contribution is 7.26. The number of hydrogen-bond acceptors (Lipinski definition) is 1. The van der Waals surface area contributed by atoms with E-state index in [0.717, 1.165) is 38.6 Å². The third-order valence-corrected chi connectivity index (χ3v) is 9.10. The summed E-state index contributed by atoms with van der Waals surface area (Å²) in [4.78, 5) is 3.81. The minimum Gasteiger partial charge on any atom is -0.236 e. The van der Waals surface area contributed by atoms with Gasteiger partial charge in [-0.05, 0) is 59.8 Å². The highest BCUT2D eigenvalue weighted by atomic mass is 32.1. The van der Waals surface area contributed by atoms with Gasteiger partial charge in [-0.25, -0.2) is 4.98 Å². The normalized spacial score (nSPS) is 13.6. The standard InChI is InChI=1S/C36H32N2S/c1-21(2)26-10-8-11-27(22(3)4)34(26)38-32-15-7-6-14-31(32)37-36(38)29-13-9-12-28-30-19-25-18-23(5)16-17-24(25)20-33(30)39-35(28)29/h6-22H,1-5H3/p+1/i5D3. The van der Waals surface area contributed by atoms with Crippen molar-refractivity contribution in [3.8, 4) is 17.1 Å².